The molecule has 27 heavy (non-hydrogen) atoms. The van der Waals surface area contributed by atoms with Gasteiger partial charge in [-0.2, -0.15) is 0 Å². The number of hydrogen-bond donors (Lipinski definition) is 1. The molecule has 2 fully saturated rings. The third-order valence-electron chi connectivity index (χ3n) is 7.69. The highest BCUT2D eigenvalue weighted by Gasteiger charge is 2.65. The predicted octanol–water partition coefficient (Wildman–Crippen LogP) is 2.57. The molecule has 2 saturated carbocycles. The van der Waals surface area contributed by atoms with Gasteiger partial charge in [-0.1, -0.05) is 13.8 Å². The van der Waals surface area contributed by atoms with E-state index in [1.807, 2.05) is 13.8 Å². The number of ether oxygens (including phenoxy) is 2. The lowest BCUT2D eigenvalue weighted by atomic mass is 9.64. The SMILES string of the molecule is C[C@@H]1C[C@H]2C(=O)C(C)(C)[C@H](OC=O)CC[C@]2(O)[C@@]1(C)CCC1=CC(=O)OC1. The van der Waals surface area contributed by atoms with Crippen LogP contribution in [0, 0.1) is 22.7 Å². The summed E-state index contributed by atoms with van der Waals surface area (Å²) in [6.07, 6.45) is 3.83. The summed E-state index contributed by atoms with van der Waals surface area (Å²) in [6, 6.07) is 0. The fraction of sp³-hybridized carbons (Fsp3) is 0.762. The van der Waals surface area contributed by atoms with Crippen molar-refractivity contribution >= 4 is 18.2 Å². The van der Waals surface area contributed by atoms with Crippen LogP contribution in [-0.4, -0.2) is 41.6 Å². The maximum Gasteiger partial charge on any atom is 0.331 e. The van der Waals surface area contributed by atoms with Crippen LogP contribution in [-0.2, 0) is 23.9 Å². The second-order valence-electron chi connectivity index (χ2n) is 9.29. The van der Waals surface area contributed by atoms with E-state index in [9.17, 15) is 19.5 Å². The molecule has 0 unspecified atom stereocenters. The average Bonchev–Trinajstić information content (AvgIpc) is 3.09. The molecular formula is C21H30O6. The molecule has 0 aromatic heterocycles. The Morgan fingerprint density at radius 3 is 2.63 bits per heavy atom. The quantitative estimate of drug-likeness (QED) is 0.584. The van der Waals surface area contributed by atoms with Crippen molar-refractivity contribution in [2.75, 3.05) is 6.61 Å². The number of esters is 1. The third-order valence-corrected chi connectivity index (χ3v) is 7.69. The number of rotatable bonds is 5. The van der Waals surface area contributed by atoms with Crippen LogP contribution < -0.4 is 0 Å². The van der Waals surface area contributed by atoms with Crippen LogP contribution in [0.2, 0.25) is 0 Å². The number of aliphatic hydroxyl groups is 1. The van der Waals surface area contributed by atoms with Crippen molar-refractivity contribution in [2.24, 2.45) is 22.7 Å². The first-order valence-electron chi connectivity index (χ1n) is 9.78. The Bertz CT molecular complexity index is 680. The summed E-state index contributed by atoms with van der Waals surface area (Å²) < 4.78 is 10.2. The van der Waals surface area contributed by atoms with Gasteiger partial charge in [0.25, 0.3) is 6.47 Å². The molecule has 6 heteroatoms. The lowest BCUT2D eigenvalue weighted by Crippen LogP contribution is -2.51. The zero-order chi connectivity index (χ0) is 20.0. The van der Waals surface area contributed by atoms with Crippen molar-refractivity contribution in [3.63, 3.8) is 0 Å². The molecule has 6 nitrogen and oxygen atoms in total. The van der Waals surface area contributed by atoms with Gasteiger partial charge in [-0.25, -0.2) is 4.79 Å². The minimum atomic E-state index is -1.15. The zero-order valence-electron chi connectivity index (χ0n) is 16.6. The van der Waals surface area contributed by atoms with Crippen LogP contribution in [0.25, 0.3) is 0 Å². The van der Waals surface area contributed by atoms with Gasteiger partial charge in [0, 0.05) is 12.0 Å². The number of carbonyl (C=O) groups excluding carboxylic acids is 3. The summed E-state index contributed by atoms with van der Waals surface area (Å²) in [4.78, 5) is 35.6. The maximum atomic E-state index is 13.3. The van der Waals surface area contributed by atoms with Gasteiger partial charge >= 0.3 is 5.97 Å². The standard InChI is InChI=1S/C21H30O6/c1-13-9-15-18(24)19(2,3)16(27-12-22)6-8-21(15,25)20(13,4)7-5-14-10-17(23)26-11-14/h10,12-13,15-16,25H,5-9,11H2,1-4H3/t13-,15+,16-,20+,21-/m1/s1. The van der Waals surface area contributed by atoms with Crippen molar-refractivity contribution in [3.05, 3.63) is 11.6 Å². The molecule has 0 aromatic rings. The van der Waals surface area contributed by atoms with Crippen molar-refractivity contribution in [1.29, 1.82) is 0 Å². The van der Waals surface area contributed by atoms with E-state index < -0.39 is 28.5 Å². The van der Waals surface area contributed by atoms with E-state index in [-0.39, 0.29) is 17.7 Å². The highest BCUT2D eigenvalue weighted by molar-refractivity contribution is 5.89. The van der Waals surface area contributed by atoms with E-state index in [1.54, 1.807) is 0 Å². The summed E-state index contributed by atoms with van der Waals surface area (Å²) in [6.45, 7) is 8.47. The first-order valence-corrected chi connectivity index (χ1v) is 9.78. The van der Waals surface area contributed by atoms with Gasteiger partial charge in [0.1, 0.15) is 18.5 Å². The zero-order valence-corrected chi connectivity index (χ0v) is 16.6. The van der Waals surface area contributed by atoms with Gasteiger partial charge in [0.15, 0.2) is 0 Å². The fourth-order valence-electron chi connectivity index (χ4n) is 5.48. The summed E-state index contributed by atoms with van der Waals surface area (Å²) >= 11 is 0. The molecule has 0 saturated heterocycles. The smallest absolute Gasteiger partial charge is 0.331 e. The molecule has 0 amide bonds. The summed E-state index contributed by atoms with van der Waals surface area (Å²) in [5, 5.41) is 11.8. The molecule has 2 aliphatic carbocycles. The van der Waals surface area contributed by atoms with E-state index in [1.165, 1.54) is 6.08 Å². The van der Waals surface area contributed by atoms with Gasteiger partial charge in [0.2, 0.25) is 0 Å². The van der Waals surface area contributed by atoms with Crippen molar-refractivity contribution < 1.29 is 29.0 Å². The normalized spacial score (nSPS) is 40.8. The monoisotopic (exact) mass is 378 g/mol. The predicted molar refractivity (Wildman–Crippen MR) is 97.6 cm³/mol. The van der Waals surface area contributed by atoms with Gasteiger partial charge in [0.05, 0.1) is 11.0 Å². The molecule has 5 atom stereocenters. The van der Waals surface area contributed by atoms with Gasteiger partial charge in [-0.05, 0) is 62.9 Å². The van der Waals surface area contributed by atoms with Crippen LogP contribution in [0.4, 0.5) is 0 Å². The first-order chi connectivity index (χ1) is 12.6. The minimum absolute atomic E-state index is 0.0245. The number of ketones is 1. The van der Waals surface area contributed by atoms with E-state index in [2.05, 4.69) is 13.8 Å². The molecule has 3 rings (SSSR count). The molecule has 1 heterocycles. The molecule has 1 N–H and O–H groups in total. The lowest BCUT2D eigenvalue weighted by Gasteiger charge is -2.44. The molecule has 0 spiro atoms. The number of cyclic esters (lactones) is 1. The molecule has 150 valence electrons. The van der Waals surface area contributed by atoms with Crippen molar-refractivity contribution in [1.82, 2.24) is 0 Å². The van der Waals surface area contributed by atoms with E-state index in [0.29, 0.717) is 45.2 Å². The Morgan fingerprint density at radius 2 is 2.04 bits per heavy atom. The van der Waals surface area contributed by atoms with E-state index in [0.717, 1.165) is 5.57 Å². The molecule has 1 aliphatic heterocycles. The van der Waals surface area contributed by atoms with Crippen molar-refractivity contribution in [3.8, 4) is 0 Å². The molecule has 0 bridgehead atoms. The second-order valence-corrected chi connectivity index (χ2v) is 9.29. The Morgan fingerprint density at radius 1 is 1.33 bits per heavy atom. The highest BCUT2D eigenvalue weighted by Crippen LogP contribution is 2.61. The van der Waals surface area contributed by atoms with Gasteiger partial charge < -0.3 is 14.6 Å². The highest BCUT2D eigenvalue weighted by atomic mass is 16.5. The Hall–Kier alpha value is -1.69. The van der Waals surface area contributed by atoms with Crippen LogP contribution >= 0.6 is 0 Å². The van der Waals surface area contributed by atoms with Crippen LogP contribution in [0.5, 0.6) is 0 Å². The summed E-state index contributed by atoms with van der Waals surface area (Å²) in [7, 11) is 0. The fourth-order valence-corrected chi connectivity index (χ4v) is 5.48. The molecule has 3 aliphatic rings. The first kappa shape index (κ1) is 20.1. The summed E-state index contributed by atoms with van der Waals surface area (Å²) in [5.74, 6) is -0.646. The number of carbonyl (C=O) groups is 3. The van der Waals surface area contributed by atoms with Crippen LogP contribution in [0.3, 0.4) is 0 Å². The largest absolute Gasteiger partial charge is 0.464 e. The van der Waals surface area contributed by atoms with Crippen LogP contribution in [0.1, 0.15) is 59.8 Å². The topological polar surface area (TPSA) is 89.9 Å². The lowest BCUT2D eigenvalue weighted by molar-refractivity contribution is -0.150. The second kappa shape index (κ2) is 6.73. The van der Waals surface area contributed by atoms with Crippen molar-refractivity contribution in [2.45, 2.75) is 71.5 Å². The van der Waals surface area contributed by atoms with Crippen LogP contribution in [0.15, 0.2) is 11.6 Å². The van der Waals surface area contributed by atoms with E-state index >= 15 is 0 Å². The molecule has 0 aromatic carbocycles. The minimum Gasteiger partial charge on any atom is -0.464 e. The number of Topliss-reactive ketones (excluding diaryl/α,β-unsaturated/α-hetero) is 1. The van der Waals surface area contributed by atoms with Gasteiger partial charge in [-0.15, -0.1) is 0 Å². The Balaban J connectivity index is 1.89. The van der Waals surface area contributed by atoms with Gasteiger partial charge in [-0.3, -0.25) is 9.59 Å². The number of fused-ring (bicyclic) bond motifs is 1. The molecule has 0 radical (unpaired) electrons. The Labute approximate surface area is 160 Å². The van der Waals surface area contributed by atoms with E-state index in [4.69, 9.17) is 9.47 Å². The Kier molecular flexibility index (Phi) is 5.00. The summed E-state index contributed by atoms with van der Waals surface area (Å²) in [5.41, 5.74) is -1.50. The molecular weight excluding hydrogens is 348 g/mol. The maximum absolute atomic E-state index is 13.3. The average molecular weight is 378 g/mol. The third kappa shape index (κ3) is 3.02. The number of hydrogen-bond acceptors (Lipinski definition) is 6.